The van der Waals surface area contributed by atoms with Gasteiger partial charge in [0.25, 0.3) is 0 Å². The molecule has 5 rings (SSSR count). The maximum atomic E-state index is 14.9. The number of nitrogens with one attached hydrogen (secondary N) is 1. The highest BCUT2D eigenvalue weighted by molar-refractivity contribution is 7.17. The van der Waals surface area contributed by atoms with E-state index in [-0.39, 0.29) is 17.4 Å². The van der Waals surface area contributed by atoms with Gasteiger partial charge >= 0.3 is 5.97 Å². The van der Waals surface area contributed by atoms with Crippen LogP contribution in [0.4, 0.5) is 15.9 Å². The summed E-state index contributed by atoms with van der Waals surface area (Å²) in [6.07, 6.45) is 1.54. The molecule has 0 amide bonds. The normalized spacial score (nSPS) is 15.4. The van der Waals surface area contributed by atoms with Crippen LogP contribution in [-0.4, -0.2) is 55.3 Å². The van der Waals surface area contributed by atoms with Crippen molar-refractivity contribution in [2.24, 2.45) is 0 Å². The number of fused-ring (bicyclic) bond motifs is 1. The van der Waals surface area contributed by atoms with Crippen LogP contribution in [0, 0.1) is 5.82 Å². The van der Waals surface area contributed by atoms with E-state index in [0.29, 0.717) is 50.3 Å². The zero-order valence-electron chi connectivity index (χ0n) is 20.9. The van der Waals surface area contributed by atoms with E-state index in [1.54, 1.807) is 0 Å². The van der Waals surface area contributed by atoms with Crippen molar-refractivity contribution in [2.45, 2.75) is 25.9 Å². The van der Waals surface area contributed by atoms with Crippen LogP contribution in [-0.2, 0) is 14.2 Å². The highest BCUT2D eigenvalue weighted by Crippen LogP contribution is 2.38. The number of ether oxygens (including phenoxy) is 4. The second-order valence-electron chi connectivity index (χ2n) is 8.74. The lowest BCUT2D eigenvalue weighted by Crippen LogP contribution is -2.33. The van der Waals surface area contributed by atoms with Crippen molar-refractivity contribution < 1.29 is 28.1 Å². The molecule has 1 aliphatic rings. The Morgan fingerprint density at radius 1 is 1.18 bits per heavy atom. The summed E-state index contributed by atoms with van der Waals surface area (Å²) in [5, 5.41) is 14.6. The molecule has 3 heterocycles. The van der Waals surface area contributed by atoms with Gasteiger partial charge < -0.3 is 24.3 Å². The van der Waals surface area contributed by atoms with Gasteiger partial charge in [0, 0.05) is 10.9 Å². The van der Waals surface area contributed by atoms with Gasteiger partial charge in [-0.3, -0.25) is 0 Å². The van der Waals surface area contributed by atoms with Gasteiger partial charge in [-0.15, -0.1) is 21.5 Å². The number of nitrogens with zero attached hydrogens (tertiary/aromatic N) is 2. The number of hydrogen-bond donors (Lipinski definition) is 1. The van der Waals surface area contributed by atoms with Gasteiger partial charge in [0.05, 0.1) is 42.4 Å². The number of rotatable bonds is 10. The summed E-state index contributed by atoms with van der Waals surface area (Å²) in [4.78, 5) is 12.2. The van der Waals surface area contributed by atoms with Crippen molar-refractivity contribution >= 4 is 38.9 Å². The van der Waals surface area contributed by atoms with Crippen LogP contribution >= 0.6 is 11.3 Å². The lowest BCUT2D eigenvalue weighted by Gasteiger charge is -2.23. The molecule has 4 aromatic rings. The smallest absolute Gasteiger partial charge is 0.338 e. The van der Waals surface area contributed by atoms with Crippen LogP contribution in [0.15, 0.2) is 53.9 Å². The van der Waals surface area contributed by atoms with Gasteiger partial charge in [0.1, 0.15) is 30.0 Å². The predicted octanol–water partition coefficient (Wildman–Crippen LogP) is 5.99. The van der Waals surface area contributed by atoms with Crippen LogP contribution < -0.4 is 10.1 Å². The Kier molecular flexibility index (Phi) is 8.42. The van der Waals surface area contributed by atoms with Crippen LogP contribution in [0.5, 0.6) is 5.75 Å². The minimum Gasteiger partial charge on any atom is -0.490 e. The van der Waals surface area contributed by atoms with Gasteiger partial charge in [-0.2, -0.15) is 0 Å². The standard InChI is InChI=1S/C28H28FN3O5S/c1-2-3-11-36-28(33)18-8-9-23(22(29)15-18)30-27-21-10-14-38-26(21)25(31-32-27)20-6-4-5-7-24(20)37-17-19-16-34-12-13-35-19/h4-10,14-15,19H,2-3,11-13,16-17H2,1H3,(H,30,32). The Hall–Kier alpha value is -3.60. The highest BCUT2D eigenvalue weighted by Gasteiger charge is 2.20. The Morgan fingerprint density at radius 3 is 2.89 bits per heavy atom. The lowest BCUT2D eigenvalue weighted by molar-refractivity contribution is -0.101. The van der Waals surface area contributed by atoms with E-state index in [2.05, 4.69) is 15.5 Å². The predicted molar refractivity (Wildman–Crippen MR) is 144 cm³/mol. The summed E-state index contributed by atoms with van der Waals surface area (Å²) >= 11 is 1.51. The Morgan fingerprint density at radius 2 is 2.08 bits per heavy atom. The van der Waals surface area contributed by atoms with Crippen molar-refractivity contribution in [3.63, 3.8) is 0 Å². The SMILES string of the molecule is CCCCOC(=O)c1ccc(Nc2nnc(-c3ccccc3OCC3COCCO3)c3sccc23)c(F)c1. The zero-order valence-corrected chi connectivity index (χ0v) is 21.8. The zero-order chi connectivity index (χ0) is 26.3. The first-order valence-corrected chi connectivity index (χ1v) is 13.4. The van der Waals surface area contributed by atoms with E-state index in [9.17, 15) is 9.18 Å². The number of para-hydroxylation sites is 1. The van der Waals surface area contributed by atoms with Gasteiger partial charge in [-0.05, 0) is 48.2 Å². The molecule has 0 saturated carbocycles. The van der Waals surface area contributed by atoms with Crippen molar-refractivity contribution in [3.8, 4) is 17.0 Å². The third-order valence-electron chi connectivity index (χ3n) is 6.03. The van der Waals surface area contributed by atoms with Crippen molar-refractivity contribution in [1.82, 2.24) is 10.2 Å². The molecule has 1 unspecified atom stereocenters. The minimum atomic E-state index is -0.586. The molecule has 0 bridgehead atoms. The third-order valence-corrected chi connectivity index (χ3v) is 6.95. The van der Waals surface area contributed by atoms with Crippen molar-refractivity contribution in [1.29, 1.82) is 0 Å². The fourth-order valence-electron chi connectivity index (χ4n) is 4.01. The van der Waals surface area contributed by atoms with Crippen LogP contribution in [0.3, 0.4) is 0 Å². The summed E-state index contributed by atoms with van der Waals surface area (Å²) in [7, 11) is 0. The average molecular weight is 538 g/mol. The van der Waals surface area contributed by atoms with Crippen LogP contribution in [0.1, 0.15) is 30.1 Å². The topological polar surface area (TPSA) is 91.8 Å². The summed E-state index contributed by atoms with van der Waals surface area (Å²) in [5.74, 6) is -0.0549. The van der Waals surface area contributed by atoms with E-state index in [1.807, 2.05) is 42.6 Å². The molecule has 1 aliphatic heterocycles. The number of benzene rings is 2. The van der Waals surface area contributed by atoms with E-state index in [4.69, 9.17) is 18.9 Å². The van der Waals surface area contributed by atoms with E-state index in [0.717, 1.165) is 34.6 Å². The number of halogens is 1. The summed E-state index contributed by atoms with van der Waals surface area (Å²) < 4.78 is 38.2. The Bertz CT molecular complexity index is 1410. The van der Waals surface area contributed by atoms with Crippen LogP contribution in [0.2, 0.25) is 0 Å². The molecule has 2 aromatic carbocycles. The molecule has 0 radical (unpaired) electrons. The molecular weight excluding hydrogens is 509 g/mol. The molecule has 10 heteroatoms. The third kappa shape index (κ3) is 5.93. The molecular formula is C28H28FN3O5S. The highest BCUT2D eigenvalue weighted by atomic mass is 32.1. The first-order chi connectivity index (χ1) is 18.6. The Balaban J connectivity index is 1.36. The number of esters is 1. The van der Waals surface area contributed by atoms with Gasteiger partial charge in [0.2, 0.25) is 0 Å². The number of thiophene rings is 1. The Labute approximate surface area is 223 Å². The van der Waals surface area contributed by atoms with E-state index in [1.165, 1.54) is 23.5 Å². The monoisotopic (exact) mass is 537 g/mol. The van der Waals surface area contributed by atoms with Crippen molar-refractivity contribution in [2.75, 3.05) is 38.4 Å². The second kappa shape index (κ2) is 12.3. The summed E-state index contributed by atoms with van der Waals surface area (Å²) in [6.45, 7) is 4.32. The summed E-state index contributed by atoms with van der Waals surface area (Å²) in [6, 6.07) is 13.7. The largest absolute Gasteiger partial charge is 0.490 e. The molecule has 0 spiro atoms. The molecule has 1 atom stereocenters. The quantitative estimate of drug-likeness (QED) is 0.195. The minimum absolute atomic E-state index is 0.129. The van der Waals surface area contributed by atoms with Crippen molar-refractivity contribution in [3.05, 3.63) is 65.3 Å². The maximum absolute atomic E-state index is 14.9. The summed E-state index contributed by atoms with van der Waals surface area (Å²) in [5.41, 5.74) is 1.81. The second-order valence-corrected chi connectivity index (χ2v) is 9.66. The fourth-order valence-corrected chi connectivity index (χ4v) is 4.91. The molecule has 198 valence electrons. The first-order valence-electron chi connectivity index (χ1n) is 12.5. The molecule has 1 fully saturated rings. The first kappa shape index (κ1) is 26.0. The molecule has 38 heavy (non-hydrogen) atoms. The van der Waals surface area contributed by atoms with Gasteiger partial charge in [-0.25, -0.2) is 9.18 Å². The van der Waals surface area contributed by atoms with E-state index >= 15 is 0 Å². The number of carbonyl (C=O) groups is 1. The van der Waals surface area contributed by atoms with Gasteiger partial charge in [-0.1, -0.05) is 25.5 Å². The molecule has 1 N–H and O–H groups in total. The van der Waals surface area contributed by atoms with Crippen LogP contribution in [0.25, 0.3) is 21.3 Å². The molecule has 1 saturated heterocycles. The average Bonchev–Trinajstić information content (AvgIpc) is 3.45. The molecule has 2 aromatic heterocycles. The number of hydrogen-bond acceptors (Lipinski definition) is 9. The fraction of sp³-hybridized carbons (Fsp3) is 0.321. The molecule has 0 aliphatic carbocycles. The number of aromatic nitrogens is 2. The number of carbonyl (C=O) groups excluding carboxylic acids is 1. The van der Waals surface area contributed by atoms with E-state index < -0.39 is 11.8 Å². The molecule has 8 nitrogen and oxygen atoms in total. The number of unbranched alkanes of at least 4 members (excludes halogenated alkanes) is 1. The maximum Gasteiger partial charge on any atom is 0.338 e. The lowest BCUT2D eigenvalue weighted by atomic mass is 10.1. The number of anilines is 2. The van der Waals surface area contributed by atoms with Gasteiger partial charge in [0.15, 0.2) is 5.82 Å².